The molecule has 1 unspecified atom stereocenters. The van der Waals surface area contributed by atoms with E-state index in [4.69, 9.17) is 9.52 Å². The van der Waals surface area contributed by atoms with Gasteiger partial charge < -0.3 is 14.4 Å². The molecule has 0 bridgehead atoms. The van der Waals surface area contributed by atoms with Gasteiger partial charge in [0.1, 0.15) is 11.8 Å². The van der Waals surface area contributed by atoms with E-state index < -0.39 is 12.0 Å². The maximum absolute atomic E-state index is 11.6. The molecule has 1 rings (SSSR count). The van der Waals surface area contributed by atoms with Crippen molar-refractivity contribution in [1.82, 2.24) is 4.90 Å². The fraction of sp³-hybridized carbons (Fsp3) is 0.455. The first-order valence-corrected chi connectivity index (χ1v) is 5.03. The number of carbonyl (C=O) groups is 2. The molecule has 88 valence electrons. The Bertz CT molecular complexity index is 358. The molecule has 1 amide bonds. The molecule has 1 heterocycles. The van der Waals surface area contributed by atoms with Gasteiger partial charge in [0.15, 0.2) is 0 Å². The summed E-state index contributed by atoms with van der Waals surface area (Å²) in [6, 6.07) is 2.74. The van der Waals surface area contributed by atoms with Gasteiger partial charge in [-0.25, -0.2) is 4.79 Å². The second-order valence-electron chi connectivity index (χ2n) is 3.60. The Hall–Kier alpha value is -1.78. The molecule has 0 saturated heterocycles. The van der Waals surface area contributed by atoms with Crippen molar-refractivity contribution in [2.75, 3.05) is 7.05 Å². The van der Waals surface area contributed by atoms with Gasteiger partial charge in [-0.05, 0) is 19.1 Å². The van der Waals surface area contributed by atoms with Crippen LogP contribution in [0.2, 0.25) is 0 Å². The maximum Gasteiger partial charge on any atom is 0.326 e. The van der Waals surface area contributed by atoms with E-state index in [2.05, 4.69) is 0 Å². The number of hydrogen-bond acceptors (Lipinski definition) is 3. The molecule has 0 fully saturated rings. The second kappa shape index (κ2) is 5.34. The van der Waals surface area contributed by atoms with Crippen molar-refractivity contribution in [3.63, 3.8) is 0 Å². The number of aryl methyl sites for hydroxylation is 1. The first-order chi connectivity index (χ1) is 7.52. The Balaban J connectivity index is 2.43. The molecule has 0 aromatic carbocycles. The summed E-state index contributed by atoms with van der Waals surface area (Å²) in [6.07, 6.45) is 2.29. The molecule has 5 nitrogen and oxygen atoms in total. The molecule has 0 aliphatic rings. The number of rotatable bonds is 5. The molecule has 1 N–H and O–H groups in total. The molecule has 0 radical (unpaired) electrons. The first kappa shape index (κ1) is 12.3. The summed E-state index contributed by atoms with van der Waals surface area (Å²) in [6.45, 7) is 1.48. The van der Waals surface area contributed by atoms with Crippen LogP contribution in [0.15, 0.2) is 22.8 Å². The minimum absolute atomic E-state index is 0.202. The minimum atomic E-state index is -1.01. The standard InChI is InChI=1S/C11H15NO4/c1-8(11(14)15)12(2)10(13)6-5-9-4-3-7-16-9/h3-4,7-8H,5-6H2,1-2H3,(H,14,15). The van der Waals surface area contributed by atoms with E-state index in [1.807, 2.05) is 0 Å². The van der Waals surface area contributed by atoms with Crippen LogP contribution in [0.1, 0.15) is 19.1 Å². The Morgan fingerprint density at radius 1 is 1.56 bits per heavy atom. The number of nitrogens with zero attached hydrogens (tertiary/aromatic N) is 1. The van der Waals surface area contributed by atoms with Crippen molar-refractivity contribution in [2.45, 2.75) is 25.8 Å². The molecule has 16 heavy (non-hydrogen) atoms. The van der Waals surface area contributed by atoms with E-state index in [0.717, 1.165) is 5.76 Å². The van der Waals surface area contributed by atoms with Crippen molar-refractivity contribution in [1.29, 1.82) is 0 Å². The maximum atomic E-state index is 11.6. The number of carboxylic acids is 1. The number of aliphatic carboxylic acids is 1. The monoisotopic (exact) mass is 225 g/mol. The number of likely N-dealkylation sites (N-methyl/N-ethyl adjacent to an activating group) is 1. The summed E-state index contributed by atoms with van der Waals surface area (Å²) in [4.78, 5) is 23.5. The first-order valence-electron chi connectivity index (χ1n) is 5.03. The Kier molecular flexibility index (Phi) is 4.10. The molecule has 0 aliphatic carbocycles. The van der Waals surface area contributed by atoms with Gasteiger partial charge in [-0.3, -0.25) is 4.79 Å². The Morgan fingerprint density at radius 2 is 2.25 bits per heavy atom. The third-order valence-corrected chi connectivity index (χ3v) is 2.50. The van der Waals surface area contributed by atoms with Gasteiger partial charge in [0, 0.05) is 19.9 Å². The lowest BCUT2D eigenvalue weighted by atomic mass is 10.2. The quantitative estimate of drug-likeness (QED) is 0.815. The normalized spacial score (nSPS) is 12.1. The largest absolute Gasteiger partial charge is 0.480 e. The van der Waals surface area contributed by atoms with Gasteiger partial charge in [-0.2, -0.15) is 0 Å². The number of carbonyl (C=O) groups excluding carboxylic acids is 1. The third kappa shape index (κ3) is 3.12. The molecule has 1 aromatic heterocycles. The fourth-order valence-electron chi connectivity index (χ4n) is 1.24. The summed E-state index contributed by atoms with van der Waals surface area (Å²) >= 11 is 0. The number of amides is 1. The van der Waals surface area contributed by atoms with Crippen molar-refractivity contribution in [3.05, 3.63) is 24.2 Å². The SMILES string of the molecule is CC(C(=O)O)N(C)C(=O)CCc1ccco1. The highest BCUT2D eigenvalue weighted by molar-refractivity contribution is 5.83. The lowest BCUT2D eigenvalue weighted by molar-refractivity contribution is -0.148. The highest BCUT2D eigenvalue weighted by Gasteiger charge is 2.21. The predicted octanol–water partition coefficient (Wildman–Crippen LogP) is 1.14. The van der Waals surface area contributed by atoms with Gasteiger partial charge in [0.2, 0.25) is 5.91 Å². The van der Waals surface area contributed by atoms with Gasteiger partial charge >= 0.3 is 5.97 Å². The average molecular weight is 225 g/mol. The minimum Gasteiger partial charge on any atom is -0.480 e. The average Bonchev–Trinajstić information content (AvgIpc) is 2.76. The highest BCUT2D eigenvalue weighted by atomic mass is 16.4. The predicted molar refractivity (Wildman–Crippen MR) is 56.9 cm³/mol. The lowest BCUT2D eigenvalue weighted by Crippen LogP contribution is -2.40. The van der Waals surface area contributed by atoms with Gasteiger partial charge in [0.05, 0.1) is 6.26 Å². The van der Waals surface area contributed by atoms with Gasteiger partial charge in [-0.1, -0.05) is 0 Å². The molecule has 1 atom stereocenters. The topological polar surface area (TPSA) is 70.8 Å². The zero-order chi connectivity index (χ0) is 12.1. The van der Waals surface area contributed by atoms with Crippen LogP contribution >= 0.6 is 0 Å². The molecular formula is C11H15NO4. The van der Waals surface area contributed by atoms with Crippen molar-refractivity contribution >= 4 is 11.9 Å². The van der Waals surface area contributed by atoms with Crippen molar-refractivity contribution in [3.8, 4) is 0 Å². The number of carboxylic acid groups (broad SMARTS) is 1. The van der Waals surface area contributed by atoms with E-state index in [9.17, 15) is 9.59 Å². The molecule has 0 aliphatic heterocycles. The molecule has 5 heteroatoms. The lowest BCUT2D eigenvalue weighted by Gasteiger charge is -2.21. The second-order valence-corrected chi connectivity index (χ2v) is 3.60. The highest BCUT2D eigenvalue weighted by Crippen LogP contribution is 2.06. The molecular weight excluding hydrogens is 210 g/mol. The van der Waals surface area contributed by atoms with Crippen LogP contribution in [0.3, 0.4) is 0 Å². The smallest absolute Gasteiger partial charge is 0.326 e. The van der Waals surface area contributed by atoms with Gasteiger partial charge in [-0.15, -0.1) is 0 Å². The van der Waals surface area contributed by atoms with E-state index in [1.165, 1.54) is 18.9 Å². The van der Waals surface area contributed by atoms with Crippen LogP contribution in [0, 0.1) is 0 Å². The van der Waals surface area contributed by atoms with Gasteiger partial charge in [0.25, 0.3) is 0 Å². The van der Waals surface area contributed by atoms with Crippen LogP contribution in [-0.4, -0.2) is 35.0 Å². The summed E-state index contributed by atoms with van der Waals surface area (Å²) in [5.41, 5.74) is 0. The summed E-state index contributed by atoms with van der Waals surface area (Å²) in [7, 11) is 1.49. The zero-order valence-corrected chi connectivity index (χ0v) is 9.34. The fourth-order valence-corrected chi connectivity index (χ4v) is 1.24. The van der Waals surface area contributed by atoms with Crippen LogP contribution in [0.5, 0.6) is 0 Å². The number of furan rings is 1. The zero-order valence-electron chi connectivity index (χ0n) is 9.34. The summed E-state index contributed by atoms with van der Waals surface area (Å²) in [5, 5.41) is 8.74. The Labute approximate surface area is 93.7 Å². The third-order valence-electron chi connectivity index (χ3n) is 2.50. The van der Waals surface area contributed by atoms with E-state index >= 15 is 0 Å². The molecule has 1 aromatic rings. The molecule has 0 spiro atoms. The van der Waals surface area contributed by atoms with Crippen LogP contribution in [0.4, 0.5) is 0 Å². The Morgan fingerprint density at radius 3 is 2.75 bits per heavy atom. The van der Waals surface area contributed by atoms with E-state index in [1.54, 1.807) is 18.4 Å². The van der Waals surface area contributed by atoms with Crippen LogP contribution in [0.25, 0.3) is 0 Å². The van der Waals surface area contributed by atoms with Crippen LogP contribution < -0.4 is 0 Å². The van der Waals surface area contributed by atoms with Crippen molar-refractivity contribution < 1.29 is 19.1 Å². The molecule has 0 saturated carbocycles. The van der Waals surface area contributed by atoms with E-state index in [-0.39, 0.29) is 12.3 Å². The van der Waals surface area contributed by atoms with E-state index in [0.29, 0.717) is 6.42 Å². The van der Waals surface area contributed by atoms with Crippen molar-refractivity contribution in [2.24, 2.45) is 0 Å². The summed E-state index contributed by atoms with van der Waals surface area (Å²) < 4.78 is 5.08. The number of hydrogen-bond donors (Lipinski definition) is 1. The van der Waals surface area contributed by atoms with Crippen LogP contribution in [-0.2, 0) is 16.0 Å². The summed E-state index contributed by atoms with van der Waals surface area (Å²) in [5.74, 6) is -0.482.